The van der Waals surface area contributed by atoms with Crippen LogP contribution in [-0.2, 0) is 9.53 Å². The molecular formula is C15H28N2O4. The Bertz CT molecular complexity index is 371. The summed E-state index contributed by atoms with van der Waals surface area (Å²) in [6.07, 6.45) is 2.07. The molecule has 0 saturated heterocycles. The minimum Gasteiger partial charge on any atom is -0.481 e. The van der Waals surface area contributed by atoms with Crippen LogP contribution in [-0.4, -0.2) is 43.4 Å². The van der Waals surface area contributed by atoms with E-state index in [1.807, 2.05) is 20.8 Å². The van der Waals surface area contributed by atoms with E-state index in [0.29, 0.717) is 26.0 Å². The van der Waals surface area contributed by atoms with Gasteiger partial charge in [-0.3, -0.25) is 4.79 Å². The van der Waals surface area contributed by atoms with Crippen LogP contribution < -0.4 is 10.6 Å². The minimum atomic E-state index is -0.741. The fraction of sp³-hybridized carbons (Fsp3) is 0.867. The molecule has 0 aromatic carbocycles. The molecule has 1 saturated carbocycles. The van der Waals surface area contributed by atoms with Crippen LogP contribution >= 0.6 is 0 Å². The predicted molar refractivity (Wildman–Crippen MR) is 80.1 cm³/mol. The highest BCUT2D eigenvalue weighted by Gasteiger charge is 2.46. The van der Waals surface area contributed by atoms with Crippen LogP contribution in [0.4, 0.5) is 4.79 Å². The van der Waals surface area contributed by atoms with E-state index in [2.05, 4.69) is 10.6 Å². The molecule has 1 aliphatic carbocycles. The van der Waals surface area contributed by atoms with Crippen molar-refractivity contribution in [3.63, 3.8) is 0 Å². The summed E-state index contributed by atoms with van der Waals surface area (Å²) in [6, 6.07) is -0.175. The largest absolute Gasteiger partial charge is 0.481 e. The van der Waals surface area contributed by atoms with Crippen molar-refractivity contribution in [3.05, 3.63) is 0 Å². The van der Waals surface area contributed by atoms with Gasteiger partial charge < -0.3 is 20.5 Å². The third kappa shape index (κ3) is 4.59. The number of rotatable bonds is 6. The Morgan fingerprint density at radius 1 is 1.33 bits per heavy atom. The second kappa shape index (κ2) is 7.64. The van der Waals surface area contributed by atoms with Crippen LogP contribution in [0.1, 0.15) is 40.0 Å². The average molecular weight is 300 g/mol. The first-order valence-electron chi connectivity index (χ1n) is 7.56. The first-order valence-corrected chi connectivity index (χ1v) is 7.56. The number of ether oxygens (including phenoxy) is 1. The molecule has 122 valence electrons. The molecule has 3 unspecified atom stereocenters. The lowest BCUT2D eigenvalue weighted by molar-refractivity contribution is -0.150. The van der Waals surface area contributed by atoms with Gasteiger partial charge in [0.05, 0.1) is 5.92 Å². The molecule has 0 spiro atoms. The molecular weight excluding hydrogens is 272 g/mol. The van der Waals surface area contributed by atoms with Gasteiger partial charge in [0.2, 0.25) is 0 Å². The van der Waals surface area contributed by atoms with E-state index >= 15 is 0 Å². The van der Waals surface area contributed by atoms with E-state index in [9.17, 15) is 14.7 Å². The third-order valence-electron chi connectivity index (χ3n) is 4.87. The van der Waals surface area contributed by atoms with E-state index < -0.39 is 5.97 Å². The van der Waals surface area contributed by atoms with Gasteiger partial charge >= 0.3 is 12.0 Å². The topological polar surface area (TPSA) is 87.7 Å². The summed E-state index contributed by atoms with van der Waals surface area (Å²) in [6.45, 7) is 7.15. The molecule has 3 N–H and O–H groups in total. The molecule has 1 aliphatic rings. The van der Waals surface area contributed by atoms with Crippen molar-refractivity contribution >= 4 is 12.0 Å². The predicted octanol–water partition coefficient (Wildman–Crippen LogP) is 1.85. The molecule has 1 rings (SSSR count). The molecule has 0 aromatic rings. The highest BCUT2D eigenvalue weighted by Crippen LogP contribution is 2.44. The van der Waals surface area contributed by atoms with Crippen LogP contribution in [0.3, 0.4) is 0 Å². The van der Waals surface area contributed by atoms with Crippen molar-refractivity contribution in [2.24, 2.45) is 17.3 Å². The number of urea groups is 1. The van der Waals surface area contributed by atoms with Crippen LogP contribution in [0, 0.1) is 17.3 Å². The number of carboxylic acid groups (broad SMARTS) is 1. The Labute approximate surface area is 126 Å². The van der Waals surface area contributed by atoms with Crippen LogP contribution in [0.15, 0.2) is 0 Å². The van der Waals surface area contributed by atoms with Crippen molar-refractivity contribution in [1.29, 1.82) is 0 Å². The molecule has 1 fully saturated rings. The molecule has 0 aliphatic heterocycles. The van der Waals surface area contributed by atoms with Gasteiger partial charge in [-0.1, -0.05) is 20.8 Å². The lowest BCUT2D eigenvalue weighted by atomic mass is 9.61. The molecule has 0 aromatic heterocycles. The summed E-state index contributed by atoms with van der Waals surface area (Å²) in [5.74, 6) is -0.985. The van der Waals surface area contributed by atoms with Gasteiger partial charge in [-0.25, -0.2) is 4.79 Å². The quantitative estimate of drug-likeness (QED) is 0.653. The van der Waals surface area contributed by atoms with Crippen LogP contribution in [0.25, 0.3) is 0 Å². The van der Waals surface area contributed by atoms with Crippen molar-refractivity contribution in [2.45, 2.75) is 46.1 Å². The maximum absolute atomic E-state index is 11.9. The van der Waals surface area contributed by atoms with Gasteiger partial charge in [-0.15, -0.1) is 0 Å². The first kappa shape index (κ1) is 17.8. The van der Waals surface area contributed by atoms with Gasteiger partial charge in [0.25, 0.3) is 0 Å². The Balaban J connectivity index is 2.50. The lowest BCUT2D eigenvalue weighted by Crippen LogP contribution is -2.54. The highest BCUT2D eigenvalue weighted by molar-refractivity contribution is 5.74. The van der Waals surface area contributed by atoms with E-state index in [4.69, 9.17) is 4.74 Å². The first-order chi connectivity index (χ1) is 9.80. The Morgan fingerprint density at radius 3 is 2.57 bits per heavy atom. The molecule has 21 heavy (non-hydrogen) atoms. The van der Waals surface area contributed by atoms with Crippen LogP contribution in [0.5, 0.6) is 0 Å². The summed E-state index contributed by atoms with van der Waals surface area (Å²) in [7, 11) is 1.63. The van der Waals surface area contributed by atoms with Gasteiger partial charge in [-0.2, -0.15) is 0 Å². The number of carbonyl (C=O) groups excluding carboxylic acids is 1. The number of methoxy groups -OCH3 is 1. The molecule has 0 radical (unpaired) electrons. The maximum atomic E-state index is 11.9. The number of nitrogens with one attached hydrogen (secondary N) is 2. The number of carbonyl (C=O) groups is 2. The zero-order chi connectivity index (χ0) is 16.0. The number of hydrogen-bond donors (Lipinski definition) is 3. The zero-order valence-corrected chi connectivity index (χ0v) is 13.4. The van der Waals surface area contributed by atoms with E-state index in [1.165, 1.54) is 0 Å². The monoisotopic (exact) mass is 300 g/mol. The van der Waals surface area contributed by atoms with Gasteiger partial charge in [0, 0.05) is 26.3 Å². The van der Waals surface area contributed by atoms with Crippen molar-refractivity contribution in [2.75, 3.05) is 20.3 Å². The summed E-state index contributed by atoms with van der Waals surface area (Å²) in [5, 5.41) is 15.1. The van der Waals surface area contributed by atoms with E-state index in [1.54, 1.807) is 7.11 Å². The molecule has 3 atom stereocenters. The lowest BCUT2D eigenvalue weighted by Gasteiger charge is -2.46. The molecule has 0 heterocycles. The number of hydrogen-bond acceptors (Lipinski definition) is 3. The number of carboxylic acids is 1. The standard InChI is InChI=1S/C15H28N2O4/c1-10-12(17-14(20)16-8-5-9-21-4)7-6-11(13(18)19)15(10,2)3/h10-12H,5-9H2,1-4H3,(H,18,19)(H2,16,17,20). The number of amides is 2. The third-order valence-corrected chi connectivity index (χ3v) is 4.87. The molecule has 2 amide bonds. The summed E-state index contributed by atoms with van der Waals surface area (Å²) < 4.78 is 4.92. The maximum Gasteiger partial charge on any atom is 0.315 e. The Hall–Kier alpha value is -1.30. The van der Waals surface area contributed by atoms with Crippen molar-refractivity contribution in [3.8, 4) is 0 Å². The molecule has 0 bridgehead atoms. The summed E-state index contributed by atoms with van der Waals surface area (Å²) in [5.41, 5.74) is -0.335. The Morgan fingerprint density at radius 2 is 2.00 bits per heavy atom. The smallest absolute Gasteiger partial charge is 0.315 e. The SMILES string of the molecule is COCCCNC(=O)NC1CCC(C(=O)O)C(C)(C)C1C. The van der Waals surface area contributed by atoms with E-state index in [0.717, 1.165) is 6.42 Å². The van der Waals surface area contributed by atoms with Gasteiger partial charge in [0.15, 0.2) is 0 Å². The van der Waals surface area contributed by atoms with Crippen LogP contribution in [0.2, 0.25) is 0 Å². The fourth-order valence-corrected chi connectivity index (χ4v) is 3.08. The fourth-order valence-electron chi connectivity index (χ4n) is 3.08. The molecule has 6 nitrogen and oxygen atoms in total. The molecule has 6 heteroatoms. The van der Waals surface area contributed by atoms with Crippen molar-refractivity contribution in [1.82, 2.24) is 10.6 Å². The average Bonchev–Trinajstić information content (AvgIpc) is 2.40. The second-order valence-electron chi connectivity index (χ2n) is 6.43. The van der Waals surface area contributed by atoms with Crippen molar-refractivity contribution < 1.29 is 19.4 Å². The summed E-state index contributed by atoms with van der Waals surface area (Å²) in [4.78, 5) is 23.2. The zero-order valence-electron chi connectivity index (χ0n) is 13.4. The Kier molecular flexibility index (Phi) is 6.45. The normalized spacial score (nSPS) is 27.9. The second-order valence-corrected chi connectivity index (χ2v) is 6.43. The highest BCUT2D eigenvalue weighted by atomic mass is 16.5. The number of aliphatic carboxylic acids is 1. The van der Waals surface area contributed by atoms with Gasteiger partial charge in [0.1, 0.15) is 0 Å². The van der Waals surface area contributed by atoms with E-state index in [-0.39, 0.29) is 29.3 Å². The van der Waals surface area contributed by atoms with Gasteiger partial charge in [-0.05, 0) is 30.6 Å². The minimum absolute atomic E-state index is 0.0121. The summed E-state index contributed by atoms with van der Waals surface area (Å²) >= 11 is 0.